The number of hydrogen-bond donors (Lipinski definition) is 4. The van der Waals surface area contributed by atoms with Crippen LogP contribution >= 0.6 is 0 Å². The zero-order chi connectivity index (χ0) is 31.4. The fourth-order valence-corrected chi connectivity index (χ4v) is 6.11. The molecular weight excluding hydrogens is 544 g/mol. The standard InChI is InChI=1S/C40H32O4/c1-5-9-25-13-29-21-31-15-26(10-6-2)17-33(38(31)42)23-35-19-28(12-8-4)20-36(40(35)44)24-34-18-27(11-7-3)16-32(39(34)43)22-30(14-25)37(29)41/h1-4,13-20,41-44H,9-12,21-24H2. The Kier molecular flexibility index (Phi) is 8.59. The Morgan fingerprint density at radius 2 is 0.523 bits per heavy atom. The first kappa shape index (κ1) is 29.8. The van der Waals surface area contributed by atoms with E-state index >= 15 is 0 Å². The molecule has 0 saturated carbocycles. The van der Waals surface area contributed by atoms with Crippen molar-refractivity contribution in [3.63, 3.8) is 0 Å². The summed E-state index contributed by atoms with van der Waals surface area (Å²) in [6, 6.07) is 14.7. The summed E-state index contributed by atoms with van der Waals surface area (Å²) in [6.45, 7) is 0. The fraction of sp³-hybridized carbons (Fsp3) is 0.200. The first-order valence-corrected chi connectivity index (χ1v) is 14.3. The van der Waals surface area contributed by atoms with Crippen LogP contribution in [0.5, 0.6) is 23.0 Å². The molecule has 0 saturated heterocycles. The van der Waals surface area contributed by atoms with Crippen molar-refractivity contribution in [2.45, 2.75) is 51.4 Å². The second-order valence-corrected chi connectivity index (χ2v) is 11.3. The lowest BCUT2D eigenvalue weighted by Gasteiger charge is -2.19. The lowest BCUT2D eigenvalue weighted by atomic mass is 9.87. The smallest absolute Gasteiger partial charge is 0.122 e. The molecule has 0 spiro atoms. The van der Waals surface area contributed by atoms with Crippen LogP contribution < -0.4 is 0 Å². The highest BCUT2D eigenvalue weighted by Crippen LogP contribution is 2.39. The molecular formula is C40H32O4. The molecule has 1 aliphatic rings. The Balaban J connectivity index is 1.82. The SMILES string of the molecule is C#CCc1cc2c(O)c(c1)Cc1cc(CC#C)cc(c1O)Cc1cc(CC#C)cc(c1O)Cc1cc(CC#C)cc(c1O)C2. The zero-order valence-electron chi connectivity index (χ0n) is 24.4. The van der Waals surface area contributed by atoms with E-state index in [1.54, 1.807) is 0 Å². The fourth-order valence-electron chi connectivity index (χ4n) is 6.11. The number of hydrogen-bond acceptors (Lipinski definition) is 4. The molecule has 44 heavy (non-hydrogen) atoms. The third kappa shape index (κ3) is 6.08. The molecule has 0 atom stereocenters. The van der Waals surface area contributed by atoms with E-state index in [9.17, 15) is 20.4 Å². The molecule has 0 aliphatic heterocycles. The van der Waals surface area contributed by atoms with Crippen molar-refractivity contribution in [1.82, 2.24) is 0 Å². The molecule has 1 aliphatic carbocycles. The number of benzene rings is 4. The summed E-state index contributed by atoms with van der Waals surface area (Å²) in [4.78, 5) is 0. The van der Waals surface area contributed by atoms with Crippen molar-refractivity contribution < 1.29 is 20.4 Å². The molecule has 0 fully saturated rings. The predicted octanol–water partition coefficient (Wildman–Crippen LogP) is 5.89. The van der Waals surface area contributed by atoms with E-state index in [1.807, 2.05) is 48.5 Å². The minimum atomic E-state index is 0.0614. The summed E-state index contributed by atoms with van der Waals surface area (Å²) < 4.78 is 0. The quantitative estimate of drug-likeness (QED) is 0.201. The van der Waals surface area contributed by atoms with Crippen LogP contribution in [0.2, 0.25) is 0 Å². The van der Waals surface area contributed by atoms with Gasteiger partial charge in [0.05, 0.1) is 0 Å². The van der Waals surface area contributed by atoms with Crippen molar-refractivity contribution in [2.75, 3.05) is 0 Å². The number of fused-ring (bicyclic) bond motifs is 8. The van der Waals surface area contributed by atoms with Crippen LogP contribution in [-0.4, -0.2) is 20.4 Å². The topological polar surface area (TPSA) is 80.9 Å². The number of phenolic OH excluding ortho intramolecular Hbond substituents is 4. The van der Waals surface area contributed by atoms with Crippen molar-refractivity contribution in [2.24, 2.45) is 0 Å². The van der Waals surface area contributed by atoms with E-state index in [-0.39, 0.29) is 48.7 Å². The molecule has 4 nitrogen and oxygen atoms in total. The third-order valence-corrected chi connectivity index (χ3v) is 8.06. The first-order chi connectivity index (χ1) is 21.2. The highest BCUT2D eigenvalue weighted by Gasteiger charge is 2.21. The van der Waals surface area contributed by atoms with Gasteiger partial charge in [-0.3, -0.25) is 0 Å². The number of rotatable bonds is 4. The molecule has 4 heteroatoms. The molecule has 0 radical (unpaired) electrons. The highest BCUT2D eigenvalue weighted by atomic mass is 16.3. The van der Waals surface area contributed by atoms with Gasteiger partial charge in [-0.15, -0.1) is 49.4 Å². The molecule has 0 amide bonds. The Bertz CT molecular complexity index is 1570. The lowest BCUT2D eigenvalue weighted by molar-refractivity contribution is 0.450. The number of aromatic hydroxyl groups is 4. The Labute approximate surface area is 259 Å². The second-order valence-electron chi connectivity index (χ2n) is 11.3. The van der Waals surface area contributed by atoms with Crippen LogP contribution in [0, 0.1) is 49.4 Å². The molecule has 216 valence electrons. The molecule has 0 unspecified atom stereocenters. The average molecular weight is 577 g/mol. The van der Waals surface area contributed by atoms with Crippen LogP contribution in [-0.2, 0) is 51.4 Å². The van der Waals surface area contributed by atoms with E-state index in [0.717, 1.165) is 22.3 Å². The summed E-state index contributed by atoms with van der Waals surface area (Å²) in [5.74, 6) is 10.9. The Hall–Kier alpha value is -5.68. The van der Waals surface area contributed by atoms with Crippen LogP contribution in [0.1, 0.15) is 66.8 Å². The zero-order valence-corrected chi connectivity index (χ0v) is 24.4. The number of phenols is 4. The van der Waals surface area contributed by atoms with Gasteiger partial charge in [0.25, 0.3) is 0 Å². The van der Waals surface area contributed by atoms with E-state index in [2.05, 4.69) is 23.7 Å². The van der Waals surface area contributed by atoms with Crippen molar-refractivity contribution >= 4 is 0 Å². The van der Waals surface area contributed by atoms with Crippen molar-refractivity contribution in [3.05, 3.63) is 115 Å². The van der Waals surface area contributed by atoms with E-state index in [0.29, 0.717) is 70.2 Å². The summed E-state index contributed by atoms with van der Waals surface area (Å²) >= 11 is 0. The van der Waals surface area contributed by atoms with Gasteiger partial charge in [-0.05, 0) is 66.8 Å². The highest BCUT2D eigenvalue weighted by molar-refractivity contribution is 5.58. The third-order valence-electron chi connectivity index (χ3n) is 8.06. The second kappa shape index (κ2) is 12.7. The molecule has 8 bridgehead atoms. The van der Waals surface area contributed by atoms with Gasteiger partial charge in [0.2, 0.25) is 0 Å². The van der Waals surface area contributed by atoms with Gasteiger partial charge in [0.1, 0.15) is 23.0 Å². The summed E-state index contributed by atoms with van der Waals surface area (Å²) in [5, 5.41) is 46.1. The Morgan fingerprint density at radius 3 is 0.659 bits per heavy atom. The monoisotopic (exact) mass is 576 g/mol. The van der Waals surface area contributed by atoms with E-state index in [4.69, 9.17) is 25.7 Å². The van der Waals surface area contributed by atoms with E-state index < -0.39 is 0 Å². The maximum Gasteiger partial charge on any atom is 0.122 e. The average Bonchev–Trinajstić information content (AvgIpc) is 2.98. The van der Waals surface area contributed by atoms with Gasteiger partial charge in [0.15, 0.2) is 0 Å². The summed E-state index contributed by atoms with van der Waals surface area (Å²) in [7, 11) is 0. The van der Waals surface area contributed by atoms with Gasteiger partial charge in [-0.25, -0.2) is 0 Å². The Morgan fingerprint density at radius 1 is 0.364 bits per heavy atom. The van der Waals surface area contributed by atoms with Gasteiger partial charge in [0, 0.05) is 51.4 Å². The predicted molar refractivity (Wildman–Crippen MR) is 174 cm³/mol. The lowest BCUT2D eigenvalue weighted by Crippen LogP contribution is -2.04. The molecule has 4 N–H and O–H groups in total. The first-order valence-electron chi connectivity index (χ1n) is 14.3. The van der Waals surface area contributed by atoms with Crippen LogP contribution in [0.25, 0.3) is 0 Å². The largest absolute Gasteiger partial charge is 0.507 e. The minimum Gasteiger partial charge on any atom is -0.507 e. The maximum absolute atomic E-state index is 11.5. The van der Waals surface area contributed by atoms with Crippen molar-refractivity contribution in [3.8, 4) is 72.4 Å². The molecule has 0 heterocycles. The molecule has 4 aromatic rings. The van der Waals surface area contributed by atoms with Gasteiger partial charge in [-0.2, -0.15) is 0 Å². The molecule has 4 aromatic carbocycles. The van der Waals surface area contributed by atoms with Crippen LogP contribution in [0.3, 0.4) is 0 Å². The molecule has 5 rings (SSSR count). The van der Waals surface area contributed by atoms with Crippen LogP contribution in [0.15, 0.2) is 48.5 Å². The van der Waals surface area contributed by atoms with Gasteiger partial charge in [-0.1, -0.05) is 48.5 Å². The van der Waals surface area contributed by atoms with Crippen molar-refractivity contribution in [1.29, 1.82) is 0 Å². The van der Waals surface area contributed by atoms with Gasteiger partial charge < -0.3 is 20.4 Å². The van der Waals surface area contributed by atoms with Crippen LogP contribution in [0.4, 0.5) is 0 Å². The minimum absolute atomic E-state index is 0.0614. The number of terminal acetylenes is 4. The summed E-state index contributed by atoms with van der Waals surface area (Å²) in [6.07, 6.45) is 24.9. The van der Waals surface area contributed by atoms with E-state index in [1.165, 1.54) is 0 Å². The normalized spacial score (nSPS) is 11.9. The van der Waals surface area contributed by atoms with Gasteiger partial charge >= 0.3 is 0 Å². The summed E-state index contributed by atoms with van der Waals surface area (Å²) in [5.41, 5.74) is 7.98. The molecule has 0 aromatic heterocycles. The maximum atomic E-state index is 11.5.